The summed E-state index contributed by atoms with van der Waals surface area (Å²) in [7, 11) is 0. The Bertz CT molecular complexity index is 225. The number of nitrogens with two attached hydrogens (primary N) is 1. The molecule has 3 heteroatoms. The van der Waals surface area contributed by atoms with Crippen molar-refractivity contribution in [2.75, 3.05) is 5.73 Å². The number of hydrogen-bond donors (Lipinski definition) is 2. The number of hydrogen-bond acceptors (Lipinski definition) is 2. The molecular weight excluding hydrogens is 126 g/mol. The molecule has 1 heterocycles. The van der Waals surface area contributed by atoms with Crippen molar-refractivity contribution < 1.29 is 0 Å². The first-order valence-electron chi connectivity index (χ1n) is 3.30. The van der Waals surface area contributed by atoms with Gasteiger partial charge in [0.1, 0.15) is 0 Å². The van der Waals surface area contributed by atoms with Gasteiger partial charge in [-0.05, 0) is 12.5 Å². The zero-order chi connectivity index (χ0) is 7.40. The average Bonchev–Trinajstić information content (AvgIpc) is 2.31. The van der Waals surface area contributed by atoms with Crippen LogP contribution in [-0.2, 0) is 0 Å². The number of anilines is 1. The van der Waals surface area contributed by atoms with E-state index in [4.69, 9.17) is 5.73 Å². The lowest BCUT2D eigenvalue weighted by atomic mass is 10.3. The van der Waals surface area contributed by atoms with Crippen LogP contribution in [0, 0.1) is 0 Å². The lowest BCUT2D eigenvalue weighted by Crippen LogP contribution is -1.84. The third-order valence-electron chi connectivity index (χ3n) is 1.15. The molecule has 0 amide bonds. The van der Waals surface area contributed by atoms with Crippen molar-refractivity contribution >= 4 is 12.0 Å². The molecule has 0 aromatic carbocycles. The first-order chi connectivity index (χ1) is 4.83. The van der Waals surface area contributed by atoms with E-state index in [9.17, 15) is 0 Å². The second-order valence-electron chi connectivity index (χ2n) is 2.03. The number of nitrogens with zero attached hydrogens (tertiary/aromatic N) is 1. The van der Waals surface area contributed by atoms with Crippen molar-refractivity contribution in [3.63, 3.8) is 0 Å². The smallest absolute Gasteiger partial charge is 0.197 e. The van der Waals surface area contributed by atoms with Crippen molar-refractivity contribution in [1.29, 1.82) is 0 Å². The minimum Gasteiger partial charge on any atom is -0.369 e. The maximum Gasteiger partial charge on any atom is 0.197 e. The minimum absolute atomic E-state index is 0.468. The summed E-state index contributed by atoms with van der Waals surface area (Å²) in [5.41, 5.74) is 6.31. The van der Waals surface area contributed by atoms with Gasteiger partial charge in [-0.15, -0.1) is 0 Å². The number of allylic oxidation sites excluding steroid dienone is 1. The van der Waals surface area contributed by atoms with Crippen LogP contribution in [0.5, 0.6) is 0 Å². The van der Waals surface area contributed by atoms with Crippen molar-refractivity contribution in [2.45, 2.75) is 13.3 Å². The summed E-state index contributed by atoms with van der Waals surface area (Å²) < 4.78 is 0. The van der Waals surface area contributed by atoms with Gasteiger partial charge in [0.15, 0.2) is 5.95 Å². The van der Waals surface area contributed by atoms with Gasteiger partial charge >= 0.3 is 0 Å². The Hall–Kier alpha value is -1.25. The summed E-state index contributed by atoms with van der Waals surface area (Å²) in [5.74, 6) is 0.468. The highest BCUT2D eigenvalue weighted by molar-refractivity contribution is 5.45. The van der Waals surface area contributed by atoms with E-state index in [0.29, 0.717) is 5.95 Å². The van der Waals surface area contributed by atoms with Gasteiger partial charge < -0.3 is 10.7 Å². The van der Waals surface area contributed by atoms with E-state index < -0.39 is 0 Å². The topological polar surface area (TPSA) is 54.7 Å². The van der Waals surface area contributed by atoms with E-state index in [1.807, 2.05) is 12.2 Å². The van der Waals surface area contributed by atoms with Crippen LogP contribution in [0.25, 0.3) is 6.08 Å². The van der Waals surface area contributed by atoms with Crippen LogP contribution in [-0.4, -0.2) is 9.97 Å². The summed E-state index contributed by atoms with van der Waals surface area (Å²) in [5, 5.41) is 0. The molecule has 0 aliphatic carbocycles. The minimum atomic E-state index is 0.468. The van der Waals surface area contributed by atoms with Crippen LogP contribution in [0.4, 0.5) is 5.95 Å². The second-order valence-corrected chi connectivity index (χ2v) is 2.03. The van der Waals surface area contributed by atoms with Crippen LogP contribution in [0.15, 0.2) is 12.3 Å². The molecule has 0 spiro atoms. The van der Waals surface area contributed by atoms with E-state index in [1.54, 1.807) is 6.20 Å². The highest BCUT2D eigenvalue weighted by atomic mass is 15.0. The van der Waals surface area contributed by atoms with Gasteiger partial charge in [-0.3, -0.25) is 0 Å². The lowest BCUT2D eigenvalue weighted by molar-refractivity contribution is 1.23. The predicted molar refractivity (Wildman–Crippen MR) is 42.3 cm³/mol. The quantitative estimate of drug-likeness (QED) is 0.647. The molecule has 1 rings (SSSR count). The van der Waals surface area contributed by atoms with E-state index in [1.165, 1.54) is 0 Å². The van der Waals surface area contributed by atoms with Crippen LogP contribution >= 0.6 is 0 Å². The van der Waals surface area contributed by atoms with Crippen LogP contribution in [0.1, 0.15) is 19.0 Å². The molecule has 10 heavy (non-hydrogen) atoms. The van der Waals surface area contributed by atoms with Crippen molar-refractivity contribution in [3.05, 3.63) is 18.0 Å². The third-order valence-corrected chi connectivity index (χ3v) is 1.15. The Kier molecular flexibility index (Phi) is 2.10. The van der Waals surface area contributed by atoms with Crippen LogP contribution in [0.2, 0.25) is 0 Å². The fourth-order valence-electron chi connectivity index (χ4n) is 0.681. The van der Waals surface area contributed by atoms with Gasteiger partial charge in [0.2, 0.25) is 0 Å². The summed E-state index contributed by atoms with van der Waals surface area (Å²) >= 11 is 0. The molecule has 0 saturated carbocycles. The third kappa shape index (κ3) is 1.62. The molecule has 0 radical (unpaired) electrons. The molecule has 3 N–H and O–H groups in total. The molecule has 0 atom stereocenters. The Morgan fingerprint density at radius 1 is 1.80 bits per heavy atom. The largest absolute Gasteiger partial charge is 0.369 e. The Morgan fingerprint density at radius 2 is 2.60 bits per heavy atom. The molecule has 0 bridgehead atoms. The zero-order valence-corrected chi connectivity index (χ0v) is 5.96. The summed E-state index contributed by atoms with van der Waals surface area (Å²) in [6.07, 6.45) is 6.75. The van der Waals surface area contributed by atoms with E-state index in [2.05, 4.69) is 16.9 Å². The van der Waals surface area contributed by atoms with Gasteiger partial charge in [-0.25, -0.2) is 4.98 Å². The van der Waals surface area contributed by atoms with Gasteiger partial charge in [-0.2, -0.15) is 0 Å². The monoisotopic (exact) mass is 137 g/mol. The first kappa shape index (κ1) is 6.86. The fourth-order valence-corrected chi connectivity index (χ4v) is 0.681. The standard InChI is InChI=1S/C7H11N3/c1-2-3-4-6-5-9-7(8)10-6/h3-5H,2H2,1H3,(H3,8,9,10)/b4-3+. The Balaban J connectivity index is 2.67. The molecule has 0 fully saturated rings. The Morgan fingerprint density at radius 3 is 3.10 bits per heavy atom. The molecular formula is C7H11N3. The zero-order valence-electron chi connectivity index (χ0n) is 5.96. The summed E-state index contributed by atoms with van der Waals surface area (Å²) in [4.78, 5) is 6.73. The average molecular weight is 137 g/mol. The molecule has 0 saturated heterocycles. The molecule has 3 nitrogen and oxygen atoms in total. The molecule has 54 valence electrons. The normalized spacial score (nSPS) is 10.9. The maximum absolute atomic E-state index is 5.35. The molecule has 1 aromatic heterocycles. The van der Waals surface area contributed by atoms with E-state index in [-0.39, 0.29) is 0 Å². The Labute approximate surface area is 60.0 Å². The first-order valence-corrected chi connectivity index (χ1v) is 3.30. The van der Waals surface area contributed by atoms with Crippen molar-refractivity contribution in [3.8, 4) is 0 Å². The number of aromatic amines is 1. The van der Waals surface area contributed by atoms with Crippen LogP contribution < -0.4 is 5.73 Å². The highest BCUT2D eigenvalue weighted by Crippen LogP contribution is 2.00. The van der Waals surface area contributed by atoms with Crippen LogP contribution in [0.3, 0.4) is 0 Å². The van der Waals surface area contributed by atoms with Gasteiger partial charge in [0, 0.05) is 0 Å². The number of aromatic nitrogens is 2. The van der Waals surface area contributed by atoms with Gasteiger partial charge in [0.05, 0.1) is 11.9 Å². The fraction of sp³-hybridized carbons (Fsp3) is 0.286. The summed E-state index contributed by atoms with van der Waals surface area (Å²) in [6, 6.07) is 0. The van der Waals surface area contributed by atoms with Gasteiger partial charge in [0.25, 0.3) is 0 Å². The lowest BCUT2D eigenvalue weighted by Gasteiger charge is -1.81. The number of rotatable bonds is 2. The molecule has 0 aliphatic heterocycles. The highest BCUT2D eigenvalue weighted by Gasteiger charge is 1.88. The predicted octanol–water partition coefficient (Wildman–Crippen LogP) is 1.42. The number of nitrogens with one attached hydrogen (secondary N) is 1. The maximum atomic E-state index is 5.35. The SMILES string of the molecule is CC/C=C/c1cnc(N)[nH]1. The summed E-state index contributed by atoms with van der Waals surface area (Å²) in [6.45, 7) is 2.08. The molecule has 0 aliphatic rings. The number of imidazole rings is 1. The van der Waals surface area contributed by atoms with Gasteiger partial charge in [-0.1, -0.05) is 13.0 Å². The molecule has 1 aromatic rings. The van der Waals surface area contributed by atoms with E-state index in [0.717, 1.165) is 12.1 Å². The second kappa shape index (κ2) is 3.06. The van der Waals surface area contributed by atoms with Crippen molar-refractivity contribution in [2.24, 2.45) is 0 Å². The molecule has 0 unspecified atom stereocenters. The van der Waals surface area contributed by atoms with E-state index >= 15 is 0 Å². The van der Waals surface area contributed by atoms with Crippen molar-refractivity contribution in [1.82, 2.24) is 9.97 Å². The number of nitrogen functional groups attached to an aromatic ring is 1. The number of H-pyrrole nitrogens is 1.